The molecule has 2 amide bonds. The molecule has 0 unspecified atom stereocenters. The molecule has 10 heteroatoms. The average molecular weight is 573 g/mol. The first-order valence-electron chi connectivity index (χ1n) is 11.0. The summed E-state index contributed by atoms with van der Waals surface area (Å²) >= 11 is 9.17. The summed E-state index contributed by atoms with van der Waals surface area (Å²) in [6.07, 6.45) is 2.23. The number of carbonyl (C=O) groups excluding carboxylic acids is 3. The lowest BCUT2D eigenvalue weighted by Crippen LogP contribution is -2.34. The third kappa shape index (κ3) is 8.21. The highest BCUT2D eigenvalue weighted by atomic mass is 79.9. The molecule has 0 fully saturated rings. The molecule has 0 heterocycles. The summed E-state index contributed by atoms with van der Waals surface area (Å²) < 4.78 is 11.8. The number of halogens is 2. The molecule has 36 heavy (non-hydrogen) atoms. The van der Waals surface area contributed by atoms with Gasteiger partial charge in [0.2, 0.25) is 0 Å². The Labute approximate surface area is 221 Å². The van der Waals surface area contributed by atoms with E-state index in [-0.39, 0.29) is 12.3 Å². The van der Waals surface area contributed by atoms with Crippen molar-refractivity contribution in [3.05, 3.63) is 92.9 Å². The van der Waals surface area contributed by atoms with E-state index in [2.05, 4.69) is 31.8 Å². The van der Waals surface area contributed by atoms with Crippen LogP contribution in [0.1, 0.15) is 39.6 Å². The van der Waals surface area contributed by atoms with Gasteiger partial charge >= 0.3 is 5.97 Å². The van der Waals surface area contributed by atoms with Crippen LogP contribution >= 0.6 is 27.5 Å². The van der Waals surface area contributed by atoms with Crippen LogP contribution in [0, 0.1) is 0 Å². The summed E-state index contributed by atoms with van der Waals surface area (Å²) in [5.41, 5.74) is 3.51. The van der Waals surface area contributed by atoms with E-state index in [0.717, 1.165) is 10.9 Å². The molecular weight excluding hydrogens is 550 g/mol. The number of hydrogen-bond acceptors (Lipinski definition) is 6. The van der Waals surface area contributed by atoms with Gasteiger partial charge in [0.1, 0.15) is 11.5 Å². The highest BCUT2D eigenvalue weighted by Crippen LogP contribution is 2.23. The number of benzene rings is 3. The van der Waals surface area contributed by atoms with Gasteiger partial charge in [-0.05, 0) is 73.2 Å². The quantitative estimate of drug-likeness (QED) is 0.154. The Morgan fingerprint density at radius 3 is 2.39 bits per heavy atom. The molecule has 0 bridgehead atoms. The van der Waals surface area contributed by atoms with Crippen LogP contribution in [0.2, 0.25) is 5.02 Å². The van der Waals surface area contributed by atoms with Gasteiger partial charge < -0.3 is 14.8 Å². The maximum absolute atomic E-state index is 12.6. The van der Waals surface area contributed by atoms with Gasteiger partial charge in [-0.25, -0.2) is 10.2 Å². The van der Waals surface area contributed by atoms with E-state index in [4.69, 9.17) is 21.1 Å². The van der Waals surface area contributed by atoms with Gasteiger partial charge in [0.25, 0.3) is 11.8 Å². The lowest BCUT2D eigenvalue weighted by Gasteiger charge is -2.09. The van der Waals surface area contributed by atoms with Gasteiger partial charge in [-0.3, -0.25) is 9.59 Å². The zero-order valence-electron chi connectivity index (χ0n) is 19.3. The first-order chi connectivity index (χ1) is 17.4. The Morgan fingerprint density at radius 2 is 1.69 bits per heavy atom. The maximum Gasteiger partial charge on any atom is 0.343 e. The first kappa shape index (κ1) is 26.9. The molecule has 0 saturated carbocycles. The predicted octanol–water partition coefficient (Wildman–Crippen LogP) is 4.99. The summed E-state index contributed by atoms with van der Waals surface area (Å²) in [6, 6.07) is 17.9. The zero-order valence-corrected chi connectivity index (χ0v) is 21.6. The molecule has 0 saturated heterocycles. The minimum atomic E-state index is -0.553. The van der Waals surface area contributed by atoms with Gasteiger partial charge in [-0.1, -0.05) is 34.5 Å². The number of ether oxygens (including phenoxy) is 2. The number of carbonyl (C=O) groups is 3. The number of hydrazone groups is 1. The van der Waals surface area contributed by atoms with Gasteiger partial charge in [0, 0.05) is 20.6 Å². The number of esters is 1. The Hall–Kier alpha value is -3.69. The van der Waals surface area contributed by atoms with Crippen LogP contribution in [0.4, 0.5) is 0 Å². The zero-order chi connectivity index (χ0) is 25.9. The number of nitrogens with one attached hydrogen (secondary N) is 2. The normalized spacial score (nSPS) is 10.6. The average Bonchev–Trinajstić information content (AvgIpc) is 2.88. The first-order valence-corrected chi connectivity index (χ1v) is 12.1. The third-order valence-electron chi connectivity index (χ3n) is 4.65. The van der Waals surface area contributed by atoms with Gasteiger partial charge in [0.05, 0.1) is 24.9 Å². The topological polar surface area (TPSA) is 106 Å². The van der Waals surface area contributed by atoms with Crippen molar-refractivity contribution in [1.82, 2.24) is 10.7 Å². The molecule has 0 radical (unpaired) electrons. The van der Waals surface area contributed by atoms with Crippen molar-refractivity contribution in [3.8, 4) is 11.5 Å². The lowest BCUT2D eigenvalue weighted by molar-refractivity contribution is -0.120. The lowest BCUT2D eigenvalue weighted by atomic mass is 10.2. The van der Waals surface area contributed by atoms with Crippen molar-refractivity contribution in [1.29, 1.82) is 0 Å². The third-order valence-corrected chi connectivity index (χ3v) is 5.39. The van der Waals surface area contributed by atoms with Crippen LogP contribution in [0.25, 0.3) is 0 Å². The van der Waals surface area contributed by atoms with Crippen LogP contribution in [-0.4, -0.2) is 37.1 Å². The summed E-state index contributed by atoms with van der Waals surface area (Å²) in [5, 5.41) is 6.90. The molecule has 0 spiro atoms. The Kier molecular flexibility index (Phi) is 10.0. The molecule has 0 aliphatic rings. The molecule has 0 aromatic heterocycles. The number of nitrogens with zero attached hydrogens (tertiary/aromatic N) is 1. The molecule has 0 aliphatic heterocycles. The number of amides is 2. The molecular formula is C26H23BrClN3O5. The van der Waals surface area contributed by atoms with Gasteiger partial charge in [-0.15, -0.1) is 0 Å². The molecule has 0 aliphatic carbocycles. The fraction of sp³-hybridized carbons (Fsp3) is 0.154. The summed E-state index contributed by atoms with van der Waals surface area (Å²) in [6.45, 7) is 2.32. The molecule has 0 atom stereocenters. The predicted molar refractivity (Wildman–Crippen MR) is 141 cm³/mol. The smallest absolute Gasteiger partial charge is 0.343 e. The van der Waals surface area contributed by atoms with Crippen molar-refractivity contribution < 1.29 is 23.9 Å². The van der Waals surface area contributed by atoms with E-state index in [9.17, 15) is 14.4 Å². The largest absolute Gasteiger partial charge is 0.494 e. The number of hydrogen-bond donors (Lipinski definition) is 2. The van der Waals surface area contributed by atoms with E-state index in [1.807, 2.05) is 6.92 Å². The van der Waals surface area contributed by atoms with E-state index in [1.54, 1.807) is 66.7 Å². The molecule has 8 nitrogen and oxygen atoms in total. The minimum Gasteiger partial charge on any atom is -0.494 e. The SMILES string of the molecule is CCCOc1ccc(C(=O)Oc2ccc(Br)cc2C=NNC(=O)CNC(=O)c2ccc(Cl)cc2)cc1. The van der Waals surface area contributed by atoms with Crippen molar-refractivity contribution in [3.63, 3.8) is 0 Å². The second-order valence-corrected chi connectivity index (χ2v) is 8.78. The fourth-order valence-corrected chi connectivity index (χ4v) is 3.36. The van der Waals surface area contributed by atoms with Crippen molar-refractivity contribution in [2.75, 3.05) is 13.2 Å². The molecule has 3 rings (SSSR count). The minimum absolute atomic E-state index is 0.253. The summed E-state index contributed by atoms with van der Waals surface area (Å²) in [5.74, 6) is -0.582. The van der Waals surface area contributed by atoms with Crippen LogP contribution in [-0.2, 0) is 4.79 Å². The van der Waals surface area contributed by atoms with Crippen LogP contribution in [0.5, 0.6) is 11.5 Å². The van der Waals surface area contributed by atoms with E-state index in [1.165, 1.54) is 6.21 Å². The van der Waals surface area contributed by atoms with Crippen LogP contribution in [0.15, 0.2) is 76.3 Å². The monoisotopic (exact) mass is 571 g/mol. The molecule has 3 aromatic rings. The fourth-order valence-electron chi connectivity index (χ4n) is 2.86. The summed E-state index contributed by atoms with van der Waals surface area (Å²) in [4.78, 5) is 36.8. The Morgan fingerprint density at radius 1 is 1.00 bits per heavy atom. The summed E-state index contributed by atoms with van der Waals surface area (Å²) in [7, 11) is 0. The van der Waals surface area contributed by atoms with Crippen LogP contribution in [0.3, 0.4) is 0 Å². The van der Waals surface area contributed by atoms with E-state index in [0.29, 0.717) is 34.1 Å². The maximum atomic E-state index is 12.6. The van der Waals surface area contributed by atoms with E-state index < -0.39 is 17.8 Å². The number of rotatable bonds is 10. The standard InChI is InChI=1S/C26H23BrClN3O5/c1-2-13-35-22-10-5-18(6-11-22)26(34)36-23-12-7-20(27)14-19(23)15-30-31-24(32)16-29-25(33)17-3-8-21(28)9-4-17/h3-12,14-15H,2,13,16H2,1H3,(H,29,33)(H,31,32). The van der Waals surface area contributed by atoms with Crippen molar-refractivity contribution >= 4 is 51.5 Å². The van der Waals surface area contributed by atoms with E-state index >= 15 is 0 Å². The molecule has 3 aromatic carbocycles. The second-order valence-electron chi connectivity index (χ2n) is 7.43. The Balaban J connectivity index is 1.57. The van der Waals surface area contributed by atoms with Gasteiger partial charge in [0.15, 0.2) is 0 Å². The molecule has 186 valence electrons. The Bertz CT molecular complexity index is 1250. The van der Waals surface area contributed by atoms with Crippen LogP contribution < -0.4 is 20.2 Å². The van der Waals surface area contributed by atoms with Crippen molar-refractivity contribution in [2.45, 2.75) is 13.3 Å². The highest BCUT2D eigenvalue weighted by Gasteiger charge is 2.12. The highest BCUT2D eigenvalue weighted by molar-refractivity contribution is 9.10. The van der Waals surface area contributed by atoms with Gasteiger partial charge in [-0.2, -0.15) is 5.10 Å². The van der Waals surface area contributed by atoms with Crippen molar-refractivity contribution in [2.24, 2.45) is 5.10 Å². The molecule has 2 N–H and O–H groups in total. The second kappa shape index (κ2) is 13.4.